The standard InChI is InChI=1S/C92H141N9O24Si5/c1-88(2,3)126(16,17)110-57-69-74(120-81-71(100-87(109)116-62-49-39-30-40-50-62)76(124-129(22,23)91(10,11)12)75(123-128(20,21)90(7,8)9)68(117-81)56-95-84(106)113-59-43-33-27-34-44-59)78(125-130(24,25)92(13,14)15)82(118-69)121-77-72(103)64(97-79(104)66(102)51-52-94-83(105)112-58-41-31-26-32-42-58)54-65(98-85(107)114-60-45-35-28-36-46-60)73(77)119-80-70(99-86(108)115-61-47-37-29-38-48-61)67(53-63(111-80)55-96-101-93)122-127(18,19)89(4,5)6/h26-50,63-78,80-82,102-103H,51-57H2,1-25H3,(H,94,105)(H,95,106)(H,97,104)(H,98,107)(H,99,108)(H,100,109)/t63-,64+,65-,66+,67-,68-,69+,70+,71+,72-,73+,74-,75+,76+,77+,78+,80+,81+,82+/m0/s1. The summed E-state index contributed by atoms with van der Waals surface area (Å²) >= 11 is 0. The highest BCUT2D eigenvalue weighted by Gasteiger charge is 2.62. The molecule has 3 saturated heterocycles. The maximum atomic E-state index is 15.3. The van der Waals surface area contributed by atoms with Gasteiger partial charge in [0.1, 0.15) is 95.8 Å². The van der Waals surface area contributed by atoms with E-state index in [0.29, 0.717) is 0 Å². The molecule has 3 aliphatic heterocycles. The van der Waals surface area contributed by atoms with Crippen LogP contribution in [-0.4, -0.2) is 231 Å². The number of para-hydroxylation sites is 5. The Bertz CT molecular complexity index is 4540. The monoisotopic (exact) mass is 1900 g/mol. The minimum atomic E-state index is -3.33. The topological polar surface area (TPSA) is 412 Å². The molecule has 4 aliphatic rings. The molecule has 0 bridgehead atoms. The average Bonchev–Trinajstić information content (AvgIpc) is 1.28. The molecular weight excluding hydrogens is 1760 g/mol. The summed E-state index contributed by atoms with van der Waals surface area (Å²) in [5.74, 6) is -0.0428. The Balaban J connectivity index is 1.28. The quantitative estimate of drug-likeness (QED) is 0.00820. The SMILES string of the molecule is CC(C)(C)[Si](C)(C)OC[C@H]1O[C@H](O[C@@H]2[C@@H](O)[C@H](NC(=O)[C@H](O)CCNC(=O)Oc3ccccc3)C[C@H](NC(=O)Oc3ccccc3)[C@H]2O[C@H]2O[C@H](CN=[N+]=[N-])C[C@H](O[Si](C)(C)C(C)(C)C)[C@H]2NC(=O)Oc2ccccc2)[C@H](O[Si](C)(C)C(C)(C)C)[C@H]1O[C@H]1O[C@@H](CNC(=O)Oc2ccccc2)[C@@H](O[Si](C)(C)C(C)(C)C)[C@H](O[Si](C)(C)C(C)(C)C)[C@H]1NC(=O)Oc1ccccc1. The first-order valence-electron chi connectivity index (χ1n) is 44.6. The molecule has 8 N–H and O–H groups in total. The van der Waals surface area contributed by atoms with Crippen molar-refractivity contribution in [3.63, 3.8) is 0 Å². The molecule has 0 aromatic heterocycles. The lowest BCUT2D eigenvalue weighted by molar-refractivity contribution is -0.297. The van der Waals surface area contributed by atoms with Gasteiger partial charge in [-0.3, -0.25) is 4.79 Å². The summed E-state index contributed by atoms with van der Waals surface area (Å²) in [7, 11) is -15.3. The lowest BCUT2D eigenvalue weighted by atomic mass is 9.83. The molecule has 5 aromatic rings. The van der Waals surface area contributed by atoms with Crippen LogP contribution in [0.4, 0.5) is 24.0 Å². The fourth-order valence-electron chi connectivity index (χ4n) is 13.8. The highest BCUT2D eigenvalue weighted by atomic mass is 28.4. The molecule has 3 heterocycles. The third-order valence-electron chi connectivity index (χ3n) is 26.4. The van der Waals surface area contributed by atoms with E-state index < -0.39 is 226 Å². The maximum Gasteiger partial charge on any atom is 0.413 e. The number of hydrogen-bond donors (Lipinski definition) is 8. The van der Waals surface area contributed by atoms with Crippen LogP contribution in [0.3, 0.4) is 0 Å². The molecule has 4 fully saturated rings. The molecule has 9 rings (SSSR count). The summed E-state index contributed by atoms with van der Waals surface area (Å²) in [4.78, 5) is 90.7. The number of nitrogens with one attached hydrogen (secondary N) is 6. The van der Waals surface area contributed by atoms with E-state index >= 15 is 9.59 Å². The third-order valence-corrected chi connectivity index (χ3v) is 48.8. The molecule has 0 spiro atoms. The first kappa shape index (κ1) is 105. The fourth-order valence-corrected chi connectivity index (χ4v) is 20.0. The zero-order valence-corrected chi connectivity index (χ0v) is 85.1. The summed E-state index contributed by atoms with van der Waals surface area (Å²) in [5.41, 5.74) is 9.99. The summed E-state index contributed by atoms with van der Waals surface area (Å²) in [6, 6.07) is 36.0. The Morgan fingerprint density at radius 2 is 0.800 bits per heavy atom. The van der Waals surface area contributed by atoms with Crippen LogP contribution in [0.15, 0.2) is 157 Å². The Morgan fingerprint density at radius 1 is 0.423 bits per heavy atom. The minimum absolute atomic E-state index is 0.0169. The van der Waals surface area contributed by atoms with E-state index in [-0.39, 0.29) is 67.8 Å². The molecule has 38 heteroatoms. The number of aliphatic hydroxyl groups is 2. The van der Waals surface area contributed by atoms with Crippen molar-refractivity contribution in [1.29, 1.82) is 0 Å². The number of carbonyl (C=O) groups excluding carboxylic acids is 6. The lowest BCUT2D eigenvalue weighted by Crippen LogP contribution is -2.71. The van der Waals surface area contributed by atoms with Crippen molar-refractivity contribution in [2.75, 3.05) is 26.2 Å². The van der Waals surface area contributed by atoms with Gasteiger partial charge in [0.15, 0.2) is 60.5 Å². The van der Waals surface area contributed by atoms with E-state index in [1.165, 1.54) is 0 Å². The predicted molar refractivity (Wildman–Crippen MR) is 503 cm³/mol. The van der Waals surface area contributed by atoms with E-state index in [4.69, 9.17) is 74.2 Å². The van der Waals surface area contributed by atoms with E-state index in [1.54, 1.807) is 152 Å². The Morgan fingerprint density at radius 3 is 1.25 bits per heavy atom. The highest BCUT2D eigenvalue weighted by Crippen LogP contribution is 2.49. The minimum Gasteiger partial charge on any atom is -0.414 e. The normalized spacial score (nSPS) is 25.7. The molecular formula is C92H141N9O24Si5. The van der Waals surface area contributed by atoms with Gasteiger partial charge in [0.2, 0.25) is 5.91 Å². The van der Waals surface area contributed by atoms with Crippen molar-refractivity contribution in [2.24, 2.45) is 5.11 Å². The van der Waals surface area contributed by atoms with Crippen LogP contribution in [0.2, 0.25) is 90.7 Å². The molecule has 1 aliphatic carbocycles. The van der Waals surface area contributed by atoms with E-state index in [0.717, 1.165) is 0 Å². The number of aliphatic hydroxyl groups excluding tert-OH is 2. The Hall–Kier alpha value is -8.21. The second kappa shape index (κ2) is 44.3. The number of carbonyl (C=O) groups is 6. The van der Waals surface area contributed by atoms with Gasteiger partial charge in [0.05, 0.1) is 43.5 Å². The van der Waals surface area contributed by atoms with Crippen molar-refractivity contribution in [2.45, 2.75) is 330 Å². The number of nitrogens with zero attached hydrogens (tertiary/aromatic N) is 3. The van der Waals surface area contributed by atoms with Crippen LogP contribution in [-0.2, 0) is 55.3 Å². The molecule has 19 atom stereocenters. The molecule has 6 amide bonds. The maximum absolute atomic E-state index is 15.3. The molecule has 33 nitrogen and oxygen atoms in total. The van der Waals surface area contributed by atoms with Crippen molar-refractivity contribution in [1.82, 2.24) is 31.9 Å². The first-order valence-corrected chi connectivity index (χ1v) is 59.2. The van der Waals surface area contributed by atoms with Crippen LogP contribution >= 0.6 is 0 Å². The second-order valence-corrected chi connectivity index (χ2v) is 65.1. The average molecular weight is 1900 g/mol. The molecule has 1 saturated carbocycles. The van der Waals surface area contributed by atoms with Crippen molar-refractivity contribution in [3.8, 4) is 28.7 Å². The van der Waals surface area contributed by atoms with Crippen molar-refractivity contribution >= 4 is 78.0 Å². The third kappa shape index (κ3) is 28.9. The Labute approximate surface area is 771 Å². The fraction of sp³-hybridized carbons (Fsp3) is 0.609. The summed E-state index contributed by atoms with van der Waals surface area (Å²) in [6.45, 7) is 50.4. The number of rotatable bonds is 34. The highest BCUT2D eigenvalue weighted by molar-refractivity contribution is 6.76. The van der Waals surface area contributed by atoms with Crippen molar-refractivity contribution in [3.05, 3.63) is 162 Å². The van der Waals surface area contributed by atoms with E-state index in [1.807, 2.05) is 67.7 Å². The summed E-state index contributed by atoms with van der Waals surface area (Å²) in [5, 5.41) is 44.8. The number of amides is 6. The van der Waals surface area contributed by atoms with E-state index in [2.05, 4.69) is 144 Å². The van der Waals surface area contributed by atoms with Crippen LogP contribution < -0.4 is 55.6 Å². The van der Waals surface area contributed by atoms with Crippen LogP contribution in [0.5, 0.6) is 28.7 Å². The zero-order chi connectivity index (χ0) is 95.9. The van der Waals surface area contributed by atoms with Crippen LogP contribution in [0.1, 0.15) is 123 Å². The van der Waals surface area contributed by atoms with Gasteiger partial charge in [-0.2, -0.15) is 0 Å². The van der Waals surface area contributed by atoms with Gasteiger partial charge < -0.3 is 116 Å². The summed E-state index contributed by atoms with van der Waals surface area (Å²) < 4.78 is 112. The van der Waals surface area contributed by atoms with Gasteiger partial charge in [-0.1, -0.05) is 200 Å². The van der Waals surface area contributed by atoms with Gasteiger partial charge in [0, 0.05) is 24.4 Å². The molecule has 5 aromatic carbocycles. The smallest absolute Gasteiger partial charge is 0.413 e. The number of hydrogen-bond acceptors (Lipinski definition) is 25. The lowest BCUT2D eigenvalue weighted by Gasteiger charge is -2.53. The van der Waals surface area contributed by atoms with Crippen molar-refractivity contribution < 1.29 is 113 Å². The van der Waals surface area contributed by atoms with Crippen LogP contribution in [0.25, 0.3) is 10.4 Å². The Kier molecular flexibility index (Phi) is 36.0. The van der Waals surface area contributed by atoms with Gasteiger partial charge in [-0.05, 0) is 170 Å². The largest absolute Gasteiger partial charge is 0.414 e. The van der Waals surface area contributed by atoms with Gasteiger partial charge >= 0.3 is 30.5 Å². The van der Waals surface area contributed by atoms with Crippen LogP contribution in [0, 0.1) is 0 Å². The number of benzene rings is 5. The predicted octanol–water partition coefficient (Wildman–Crippen LogP) is 16.6. The molecule has 0 radical (unpaired) electrons. The first-order chi connectivity index (χ1) is 60.6. The van der Waals surface area contributed by atoms with Gasteiger partial charge in [-0.25, -0.2) is 24.0 Å². The van der Waals surface area contributed by atoms with Gasteiger partial charge in [0.25, 0.3) is 0 Å². The molecule has 718 valence electrons. The van der Waals surface area contributed by atoms with E-state index in [9.17, 15) is 34.9 Å². The van der Waals surface area contributed by atoms with Gasteiger partial charge in [-0.15, -0.1) is 0 Å². The number of azide groups is 1. The zero-order valence-electron chi connectivity index (χ0n) is 80.1. The second-order valence-electron chi connectivity index (χ2n) is 41.2. The molecule has 130 heavy (non-hydrogen) atoms. The number of ether oxygens (including phenoxy) is 11. The molecule has 0 unspecified atom stereocenters. The summed E-state index contributed by atoms with van der Waals surface area (Å²) in [6.07, 6.45) is -27.8.